The van der Waals surface area contributed by atoms with Crippen LogP contribution in [0, 0.1) is 5.82 Å². The number of carbonyl (C=O) groups is 4. The molecule has 4 rings (SSSR count). The third-order valence-corrected chi connectivity index (χ3v) is 4.91. The van der Waals surface area contributed by atoms with Gasteiger partial charge in [-0.05, 0) is 49.4 Å². The number of imide groups is 1. The van der Waals surface area contributed by atoms with Gasteiger partial charge in [0.2, 0.25) is 5.91 Å². The van der Waals surface area contributed by atoms with Gasteiger partial charge in [0, 0.05) is 5.69 Å². The molecule has 2 heterocycles. The first-order valence-electron chi connectivity index (χ1n) is 9.77. The first-order chi connectivity index (χ1) is 15.4. The van der Waals surface area contributed by atoms with Crippen LogP contribution in [0.15, 0.2) is 58.9 Å². The Morgan fingerprint density at radius 3 is 2.56 bits per heavy atom. The number of carbonyl (C=O) groups excluding carboxylic acids is 4. The number of amides is 3. The predicted octanol–water partition coefficient (Wildman–Crippen LogP) is 1.93. The van der Waals surface area contributed by atoms with Crippen molar-refractivity contribution in [1.29, 1.82) is 0 Å². The number of hydrogen-bond acceptors (Lipinski definition) is 8. The summed E-state index contributed by atoms with van der Waals surface area (Å²) in [6.45, 7) is 1.62. The van der Waals surface area contributed by atoms with Gasteiger partial charge in [-0.25, -0.2) is 14.1 Å². The molecule has 1 N–H and O–H groups in total. The summed E-state index contributed by atoms with van der Waals surface area (Å²) < 4.78 is 18.5. The molecular formula is C21H18FN5O5. The Kier molecular flexibility index (Phi) is 5.63. The molecule has 10 nitrogen and oxygen atoms in total. The van der Waals surface area contributed by atoms with E-state index in [4.69, 9.17) is 4.74 Å². The van der Waals surface area contributed by atoms with E-state index >= 15 is 0 Å². The Morgan fingerprint density at radius 2 is 1.88 bits per heavy atom. The summed E-state index contributed by atoms with van der Waals surface area (Å²) in [4.78, 5) is 50.5. The number of ether oxygens (including phenoxy) is 1. The smallest absolute Gasteiger partial charge is 0.338 e. The van der Waals surface area contributed by atoms with Gasteiger partial charge in [0.25, 0.3) is 11.8 Å². The maximum absolute atomic E-state index is 13.5. The lowest BCUT2D eigenvalue weighted by molar-refractivity contribution is -0.123. The second kappa shape index (κ2) is 8.53. The van der Waals surface area contributed by atoms with Crippen LogP contribution < -0.4 is 10.2 Å². The minimum absolute atomic E-state index is 0.0932. The number of fused-ring (bicyclic) bond motifs is 1. The van der Waals surface area contributed by atoms with Crippen molar-refractivity contribution in [3.8, 4) is 0 Å². The summed E-state index contributed by atoms with van der Waals surface area (Å²) >= 11 is 0. The van der Waals surface area contributed by atoms with E-state index in [1.807, 2.05) is 0 Å². The monoisotopic (exact) mass is 439 g/mol. The second-order valence-corrected chi connectivity index (χ2v) is 7.03. The average Bonchev–Trinajstić information content (AvgIpc) is 3.28. The molecule has 0 unspecified atom stereocenters. The van der Waals surface area contributed by atoms with Crippen molar-refractivity contribution in [3.05, 3.63) is 59.9 Å². The molecule has 2 aromatic carbocycles. The summed E-state index contributed by atoms with van der Waals surface area (Å²) in [6, 6.07) is 9.02. The average molecular weight is 439 g/mol. The zero-order valence-corrected chi connectivity index (χ0v) is 16.9. The molecule has 0 saturated carbocycles. The van der Waals surface area contributed by atoms with Crippen molar-refractivity contribution in [1.82, 2.24) is 5.01 Å². The number of nitrogens with zero attached hydrogens (tertiary/aromatic N) is 4. The lowest BCUT2D eigenvalue weighted by Gasteiger charge is -2.20. The molecule has 164 valence electrons. The Hall–Kier alpha value is -4.15. The number of anilines is 2. The lowest BCUT2D eigenvalue weighted by Crippen LogP contribution is -2.43. The first-order valence-corrected chi connectivity index (χ1v) is 9.77. The van der Waals surface area contributed by atoms with Crippen LogP contribution >= 0.6 is 0 Å². The van der Waals surface area contributed by atoms with Crippen molar-refractivity contribution < 1.29 is 28.3 Å². The third-order valence-electron chi connectivity index (χ3n) is 4.91. The molecule has 0 bridgehead atoms. The van der Waals surface area contributed by atoms with E-state index in [0.29, 0.717) is 11.3 Å². The molecular weight excluding hydrogens is 421 g/mol. The highest BCUT2D eigenvalue weighted by Crippen LogP contribution is 2.32. The minimum atomic E-state index is -1.09. The predicted molar refractivity (Wildman–Crippen MR) is 109 cm³/mol. The second-order valence-electron chi connectivity index (χ2n) is 7.03. The largest absolute Gasteiger partial charge is 0.462 e. The number of esters is 1. The fourth-order valence-electron chi connectivity index (χ4n) is 3.48. The van der Waals surface area contributed by atoms with Crippen LogP contribution in [0.4, 0.5) is 15.8 Å². The molecule has 0 radical (unpaired) electrons. The maximum atomic E-state index is 13.5. The topological polar surface area (TPSA) is 121 Å². The van der Waals surface area contributed by atoms with Crippen LogP contribution in [0.1, 0.15) is 17.3 Å². The zero-order chi connectivity index (χ0) is 22.8. The van der Waals surface area contributed by atoms with Crippen LogP contribution in [0.3, 0.4) is 0 Å². The first kappa shape index (κ1) is 21.1. The van der Waals surface area contributed by atoms with Crippen molar-refractivity contribution in [2.45, 2.75) is 19.0 Å². The third kappa shape index (κ3) is 3.92. The Labute approximate surface area is 181 Å². The van der Waals surface area contributed by atoms with Crippen LogP contribution in [0.25, 0.3) is 0 Å². The number of hydrogen-bond donors (Lipinski definition) is 1. The lowest BCUT2D eigenvalue weighted by atomic mass is 10.1. The van der Waals surface area contributed by atoms with E-state index in [1.54, 1.807) is 6.92 Å². The summed E-state index contributed by atoms with van der Waals surface area (Å²) in [5, 5.41) is 11.4. The van der Waals surface area contributed by atoms with E-state index in [-0.39, 0.29) is 18.8 Å². The van der Waals surface area contributed by atoms with Gasteiger partial charge in [0.05, 0.1) is 17.9 Å². The van der Waals surface area contributed by atoms with Crippen molar-refractivity contribution in [3.63, 3.8) is 0 Å². The number of nitrogens with one attached hydrogen (secondary N) is 1. The number of halogens is 1. The van der Waals surface area contributed by atoms with Gasteiger partial charge in [-0.1, -0.05) is 11.3 Å². The highest BCUT2D eigenvalue weighted by atomic mass is 19.1. The molecule has 2 aromatic rings. The minimum Gasteiger partial charge on any atom is -0.462 e. The van der Waals surface area contributed by atoms with Gasteiger partial charge in [0.15, 0.2) is 12.1 Å². The SMILES string of the molecule is CCOC(=O)c1ccc(NC(=O)CN2N=N[C@H]3C(=O)N(c4cccc(F)c4)C(=O)[C@H]32)cc1. The normalized spacial score (nSPS) is 19.3. The number of benzene rings is 2. The molecule has 2 atom stereocenters. The quantitative estimate of drug-likeness (QED) is 0.542. The van der Waals surface area contributed by atoms with Gasteiger partial charge in [-0.3, -0.25) is 19.4 Å². The highest BCUT2D eigenvalue weighted by Gasteiger charge is 2.55. The van der Waals surface area contributed by atoms with E-state index in [9.17, 15) is 23.6 Å². The van der Waals surface area contributed by atoms with Gasteiger partial charge >= 0.3 is 5.97 Å². The molecule has 3 amide bonds. The van der Waals surface area contributed by atoms with E-state index in [2.05, 4.69) is 15.7 Å². The molecule has 32 heavy (non-hydrogen) atoms. The standard InChI is InChI=1S/C21H18FN5O5/c1-2-32-21(31)12-6-8-14(9-7-12)23-16(28)11-26-18-17(24-25-26)19(29)27(20(18)30)15-5-3-4-13(22)10-15/h3-10,17-18H,2,11H2,1H3,(H,23,28)/t17-,18+/m1/s1. The fraction of sp³-hybridized carbons (Fsp3) is 0.238. The van der Waals surface area contributed by atoms with E-state index in [0.717, 1.165) is 16.0 Å². The molecule has 1 saturated heterocycles. The molecule has 11 heteroatoms. The van der Waals surface area contributed by atoms with Gasteiger partial charge in [0.1, 0.15) is 12.4 Å². The summed E-state index contributed by atoms with van der Waals surface area (Å²) in [7, 11) is 0. The molecule has 2 aliphatic heterocycles. The van der Waals surface area contributed by atoms with Crippen LogP contribution in [0.5, 0.6) is 0 Å². The van der Waals surface area contributed by atoms with Crippen molar-refractivity contribution in [2.75, 3.05) is 23.4 Å². The summed E-state index contributed by atoms with van der Waals surface area (Å²) in [5.41, 5.74) is 0.857. The molecule has 0 aromatic heterocycles. The molecule has 2 aliphatic rings. The van der Waals surface area contributed by atoms with Crippen LogP contribution in [-0.4, -0.2) is 53.9 Å². The highest BCUT2D eigenvalue weighted by molar-refractivity contribution is 6.25. The van der Waals surface area contributed by atoms with Gasteiger partial charge in [-0.2, -0.15) is 5.11 Å². The summed E-state index contributed by atoms with van der Waals surface area (Å²) in [5.74, 6) is -2.83. The van der Waals surface area contributed by atoms with Crippen molar-refractivity contribution >= 4 is 35.1 Å². The van der Waals surface area contributed by atoms with Gasteiger partial charge in [-0.15, -0.1) is 0 Å². The Morgan fingerprint density at radius 1 is 1.12 bits per heavy atom. The zero-order valence-electron chi connectivity index (χ0n) is 16.9. The molecule has 1 fully saturated rings. The summed E-state index contributed by atoms with van der Waals surface area (Å²) in [6.07, 6.45) is 0. The Bertz CT molecular complexity index is 1120. The molecule has 0 aliphatic carbocycles. The van der Waals surface area contributed by atoms with Gasteiger partial charge < -0.3 is 10.1 Å². The van der Waals surface area contributed by atoms with Crippen LogP contribution in [0.2, 0.25) is 0 Å². The number of rotatable bonds is 6. The Balaban J connectivity index is 1.42. The van der Waals surface area contributed by atoms with E-state index < -0.39 is 41.6 Å². The van der Waals surface area contributed by atoms with E-state index in [1.165, 1.54) is 42.5 Å². The van der Waals surface area contributed by atoms with Crippen LogP contribution in [-0.2, 0) is 19.1 Å². The fourth-order valence-corrected chi connectivity index (χ4v) is 3.48. The maximum Gasteiger partial charge on any atom is 0.338 e. The van der Waals surface area contributed by atoms with Crippen molar-refractivity contribution in [2.24, 2.45) is 10.3 Å². The molecule has 0 spiro atoms.